The average Bonchev–Trinajstić information content (AvgIpc) is 3.54. The van der Waals surface area contributed by atoms with Crippen LogP contribution in [0.15, 0.2) is 78.2 Å². The van der Waals surface area contributed by atoms with E-state index < -0.39 is 0 Å². The molecule has 0 aliphatic carbocycles. The van der Waals surface area contributed by atoms with E-state index >= 15 is 0 Å². The Morgan fingerprint density at radius 1 is 0.875 bits per heavy atom. The fourth-order valence-electron chi connectivity index (χ4n) is 4.73. The number of hydrogen-bond acceptors (Lipinski definition) is 5. The summed E-state index contributed by atoms with van der Waals surface area (Å²) in [5.41, 5.74) is 2.76. The maximum atomic E-state index is 4.51. The van der Waals surface area contributed by atoms with E-state index in [0.29, 0.717) is 0 Å². The minimum absolute atomic E-state index is 0.124. The molecule has 6 heteroatoms. The van der Waals surface area contributed by atoms with Gasteiger partial charge in [-0.2, -0.15) is 0 Å². The number of rotatable bonds is 8. The monoisotopic (exact) mass is 443 g/mol. The Bertz CT molecular complexity index is 1070. The van der Waals surface area contributed by atoms with E-state index in [1.165, 1.54) is 35.3 Å². The predicted molar refractivity (Wildman–Crippen MR) is 129 cm³/mol. The number of thiophene rings is 1. The molecule has 0 saturated carbocycles. The summed E-state index contributed by atoms with van der Waals surface area (Å²) in [6.07, 6.45) is 4.52. The maximum absolute atomic E-state index is 4.51. The number of aromatic nitrogens is 4. The van der Waals surface area contributed by atoms with Crippen molar-refractivity contribution < 1.29 is 0 Å². The minimum atomic E-state index is 0.124. The zero-order chi connectivity index (χ0) is 21.6. The molecule has 5 nitrogen and oxygen atoms in total. The lowest BCUT2D eigenvalue weighted by molar-refractivity contribution is 0.145. The first-order valence-electron chi connectivity index (χ1n) is 11.5. The summed E-state index contributed by atoms with van der Waals surface area (Å²) in [7, 11) is 0. The molecule has 1 atom stereocenters. The normalized spacial score (nSPS) is 16.2. The van der Waals surface area contributed by atoms with Crippen LogP contribution in [0, 0.1) is 5.92 Å². The Hall–Kier alpha value is -2.83. The molecule has 0 spiro atoms. The van der Waals surface area contributed by atoms with Gasteiger partial charge in [-0.3, -0.25) is 4.90 Å². The van der Waals surface area contributed by atoms with Crippen LogP contribution in [-0.4, -0.2) is 38.2 Å². The third kappa shape index (κ3) is 4.97. The topological polar surface area (TPSA) is 46.8 Å². The summed E-state index contributed by atoms with van der Waals surface area (Å²) >= 11 is 1.80. The van der Waals surface area contributed by atoms with Gasteiger partial charge in [0, 0.05) is 11.4 Å². The van der Waals surface area contributed by atoms with Gasteiger partial charge in [-0.1, -0.05) is 66.7 Å². The van der Waals surface area contributed by atoms with Crippen LogP contribution in [0.3, 0.4) is 0 Å². The van der Waals surface area contributed by atoms with Gasteiger partial charge in [0.1, 0.15) is 6.04 Å². The predicted octanol–water partition coefficient (Wildman–Crippen LogP) is 5.02. The van der Waals surface area contributed by atoms with Crippen LogP contribution in [0.4, 0.5) is 0 Å². The number of hydrogen-bond donors (Lipinski definition) is 0. The third-order valence-corrected chi connectivity index (χ3v) is 7.38. The number of piperidine rings is 1. The molecule has 0 bridgehead atoms. The van der Waals surface area contributed by atoms with Crippen LogP contribution in [0.25, 0.3) is 0 Å². The Balaban J connectivity index is 1.30. The average molecular weight is 444 g/mol. The molecule has 32 heavy (non-hydrogen) atoms. The van der Waals surface area contributed by atoms with Crippen molar-refractivity contribution in [1.29, 1.82) is 0 Å². The number of likely N-dealkylation sites (tertiary alicyclic amines) is 1. The quantitative estimate of drug-likeness (QED) is 0.384. The van der Waals surface area contributed by atoms with Crippen LogP contribution >= 0.6 is 11.3 Å². The molecule has 1 unspecified atom stereocenters. The molecule has 3 heterocycles. The lowest BCUT2D eigenvalue weighted by Gasteiger charge is -2.36. The molecule has 1 aliphatic rings. The molecular weight excluding hydrogens is 414 g/mol. The second-order valence-electron chi connectivity index (χ2n) is 8.58. The van der Waals surface area contributed by atoms with Crippen molar-refractivity contribution in [1.82, 2.24) is 25.1 Å². The van der Waals surface area contributed by atoms with Gasteiger partial charge in [0.25, 0.3) is 0 Å². The number of nitrogens with zero attached hydrogens (tertiary/aromatic N) is 5. The summed E-state index contributed by atoms with van der Waals surface area (Å²) in [6, 6.07) is 25.9. The van der Waals surface area contributed by atoms with Crippen LogP contribution < -0.4 is 0 Å². The van der Waals surface area contributed by atoms with Gasteiger partial charge >= 0.3 is 0 Å². The molecule has 0 N–H and O–H groups in total. The van der Waals surface area contributed by atoms with Gasteiger partial charge in [-0.25, -0.2) is 4.68 Å². The van der Waals surface area contributed by atoms with E-state index in [2.05, 4.69) is 98.6 Å². The standard InChI is InChI=1S/C26H29N5S/c1-3-8-21(9-4-1)15-18-31-26(27-28-29-31)25(24-12-7-19-32-24)30-16-13-23(14-17-30)20-22-10-5-2-6-11-22/h1-12,19,23,25H,13-18,20H2. The Morgan fingerprint density at radius 2 is 1.59 bits per heavy atom. The van der Waals surface area contributed by atoms with Crippen molar-refractivity contribution in [3.63, 3.8) is 0 Å². The van der Waals surface area contributed by atoms with Gasteiger partial charge in [-0.15, -0.1) is 16.4 Å². The van der Waals surface area contributed by atoms with Gasteiger partial charge < -0.3 is 0 Å². The van der Waals surface area contributed by atoms with E-state index in [9.17, 15) is 0 Å². The highest BCUT2D eigenvalue weighted by Crippen LogP contribution is 2.34. The number of tetrazole rings is 1. The third-order valence-electron chi connectivity index (χ3n) is 6.45. The second kappa shape index (κ2) is 10.2. The SMILES string of the molecule is c1ccc(CCn2nnnc2C(c2cccs2)N2CCC(Cc3ccccc3)CC2)cc1. The van der Waals surface area contributed by atoms with Crippen LogP contribution in [0.2, 0.25) is 0 Å². The smallest absolute Gasteiger partial charge is 0.173 e. The van der Waals surface area contributed by atoms with E-state index in [1.807, 2.05) is 4.68 Å². The minimum Gasteiger partial charge on any atom is -0.289 e. The van der Waals surface area contributed by atoms with Crippen LogP contribution in [0.5, 0.6) is 0 Å². The first-order chi connectivity index (χ1) is 15.9. The van der Waals surface area contributed by atoms with Crippen molar-refractivity contribution in [2.24, 2.45) is 5.92 Å². The van der Waals surface area contributed by atoms with Crippen LogP contribution in [0.1, 0.15) is 40.7 Å². The summed E-state index contributed by atoms with van der Waals surface area (Å²) in [4.78, 5) is 3.90. The van der Waals surface area contributed by atoms with E-state index in [4.69, 9.17) is 0 Å². The van der Waals surface area contributed by atoms with E-state index in [1.54, 1.807) is 11.3 Å². The Morgan fingerprint density at radius 3 is 2.28 bits per heavy atom. The Labute approximate surface area is 193 Å². The highest BCUT2D eigenvalue weighted by Gasteiger charge is 2.31. The number of aryl methyl sites for hydroxylation is 2. The van der Waals surface area contributed by atoms with E-state index in [-0.39, 0.29) is 6.04 Å². The highest BCUT2D eigenvalue weighted by atomic mass is 32.1. The van der Waals surface area contributed by atoms with Gasteiger partial charge in [-0.05, 0) is 77.7 Å². The van der Waals surface area contributed by atoms with Crippen molar-refractivity contribution in [2.75, 3.05) is 13.1 Å². The zero-order valence-corrected chi connectivity index (χ0v) is 19.1. The molecule has 1 aliphatic heterocycles. The van der Waals surface area contributed by atoms with Crippen LogP contribution in [-0.2, 0) is 19.4 Å². The first kappa shape index (κ1) is 21.0. The molecule has 2 aromatic carbocycles. The molecule has 4 aromatic rings. The maximum Gasteiger partial charge on any atom is 0.173 e. The van der Waals surface area contributed by atoms with Crippen molar-refractivity contribution in [3.8, 4) is 0 Å². The summed E-state index contributed by atoms with van der Waals surface area (Å²) in [6.45, 7) is 2.94. The van der Waals surface area contributed by atoms with Crippen molar-refractivity contribution >= 4 is 11.3 Å². The van der Waals surface area contributed by atoms with E-state index in [0.717, 1.165) is 37.8 Å². The fraction of sp³-hybridized carbons (Fsp3) is 0.346. The molecule has 5 rings (SSSR count). The summed E-state index contributed by atoms with van der Waals surface area (Å²) < 4.78 is 2.01. The molecular formula is C26H29N5S. The molecule has 2 aromatic heterocycles. The Kier molecular flexibility index (Phi) is 6.70. The molecule has 0 radical (unpaired) electrons. The second-order valence-corrected chi connectivity index (χ2v) is 9.56. The van der Waals surface area contributed by atoms with Gasteiger partial charge in [0.2, 0.25) is 0 Å². The lowest BCUT2D eigenvalue weighted by atomic mass is 9.89. The first-order valence-corrected chi connectivity index (χ1v) is 12.4. The molecule has 1 fully saturated rings. The zero-order valence-electron chi connectivity index (χ0n) is 18.3. The molecule has 0 amide bonds. The van der Waals surface area contributed by atoms with Gasteiger partial charge in [0.15, 0.2) is 5.82 Å². The number of benzene rings is 2. The lowest BCUT2D eigenvalue weighted by Crippen LogP contribution is -2.38. The van der Waals surface area contributed by atoms with Crippen molar-refractivity contribution in [3.05, 3.63) is 100 Å². The van der Waals surface area contributed by atoms with Crippen molar-refractivity contribution in [2.45, 2.75) is 38.3 Å². The largest absolute Gasteiger partial charge is 0.289 e. The van der Waals surface area contributed by atoms with Gasteiger partial charge in [0.05, 0.1) is 0 Å². The summed E-state index contributed by atoms with van der Waals surface area (Å²) in [5, 5.41) is 15.1. The highest BCUT2D eigenvalue weighted by molar-refractivity contribution is 7.10. The molecule has 164 valence electrons. The summed E-state index contributed by atoms with van der Waals surface area (Å²) in [5.74, 6) is 1.71. The molecule has 1 saturated heterocycles. The fourth-order valence-corrected chi connectivity index (χ4v) is 5.58.